The Labute approximate surface area is 155 Å². The summed E-state index contributed by atoms with van der Waals surface area (Å²) in [5.74, 6) is -1.41. The van der Waals surface area contributed by atoms with Crippen molar-refractivity contribution in [2.45, 2.75) is 6.54 Å². The first-order chi connectivity index (χ1) is 13.0. The molecule has 0 radical (unpaired) electrons. The zero-order chi connectivity index (χ0) is 19.6. The second-order valence-electron chi connectivity index (χ2n) is 5.39. The van der Waals surface area contributed by atoms with Crippen LogP contribution in [0.2, 0.25) is 0 Å². The van der Waals surface area contributed by atoms with Crippen molar-refractivity contribution in [1.82, 2.24) is 5.32 Å². The van der Waals surface area contributed by atoms with Crippen LogP contribution in [0.15, 0.2) is 54.1 Å². The molecule has 0 fully saturated rings. The van der Waals surface area contributed by atoms with Crippen molar-refractivity contribution in [3.8, 4) is 11.8 Å². The highest BCUT2D eigenvalue weighted by molar-refractivity contribution is 5.98. The average Bonchev–Trinajstić information content (AvgIpc) is 2.69. The molecular formula is C20H17FN2O4. The zero-order valence-corrected chi connectivity index (χ0v) is 14.6. The number of ether oxygens (including phenoxy) is 2. The normalized spacial score (nSPS) is 10.6. The van der Waals surface area contributed by atoms with Gasteiger partial charge in [0, 0.05) is 12.1 Å². The third kappa shape index (κ3) is 5.97. The van der Waals surface area contributed by atoms with E-state index in [0.717, 1.165) is 0 Å². The molecule has 2 aromatic rings. The third-order valence-corrected chi connectivity index (χ3v) is 3.51. The summed E-state index contributed by atoms with van der Waals surface area (Å²) in [5.41, 5.74) is 0.629. The maximum atomic E-state index is 13.5. The number of hydrogen-bond donors (Lipinski definition) is 1. The summed E-state index contributed by atoms with van der Waals surface area (Å²) in [4.78, 5) is 23.7. The first-order valence-corrected chi connectivity index (χ1v) is 7.96. The predicted octanol–water partition coefficient (Wildman–Crippen LogP) is 2.60. The number of carbonyl (C=O) groups is 2. The fourth-order valence-electron chi connectivity index (χ4n) is 2.13. The second kappa shape index (κ2) is 9.73. The van der Waals surface area contributed by atoms with Crippen molar-refractivity contribution in [2.24, 2.45) is 0 Å². The van der Waals surface area contributed by atoms with E-state index in [-0.39, 0.29) is 12.1 Å². The van der Waals surface area contributed by atoms with Gasteiger partial charge in [-0.25, -0.2) is 9.18 Å². The Balaban J connectivity index is 1.91. The first-order valence-electron chi connectivity index (χ1n) is 7.96. The van der Waals surface area contributed by atoms with Crippen LogP contribution in [-0.4, -0.2) is 25.6 Å². The lowest BCUT2D eigenvalue weighted by Gasteiger charge is -2.07. The van der Waals surface area contributed by atoms with Gasteiger partial charge in [0.05, 0.1) is 7.11 Å². The van der Waals surface area contributed by atoms with Crippen molar-refractivity contribution < 1.29 is 23.5 Å². The van der Waals surface area contributed by atoms with Gasteiger partial charge in [0.1, 0.15) is 23.2 Å². The summed E-state index contributed by atoms with van der Waals surface area (Å²) in [6.45, 7) is -0.613. The van der Waals surface area contributed by atoms with Crippen LogP contribution < -0.4 is 10.1 Å². The number of nitriles is 1. The predicted molar refractivity (Wildman–Crippen MR) is 95.8 cm³/mol. The monoisotopic (exact) mass is 368 g/mol. The zero-order valence-electron chi connectivity index (χ0n) is 14.6. The van der Waals surface area contributed by atoms with Gasteiger partial charge in [-0.3, -0.25) is 4.79 Å². The molecule has 27 heavy (non-hydrogen) atoms. The minimum Gasteiger partial charge on any atom is -0.497 e. The number of nitrogens with one attached hydrogen (secondary N) is 1. The van der Waals surface area contributed by atoms with E-state index in [9.17, 15) is 14.0 Å². The highest BCUT2D eigenvalue weighted by Gasteiger charge is 2.13. The molecule has 0 unspecified atom stereocenters. The summed E-state index contributed by atoms with van der Waals surface area (Å²) in [6, 6.07) is 14.5. The van der Waals surface area contributed by atoms with Gasteiger partial charge in [-0.15, -0.1) is 0 Å². The molecule has 2 rings (SSSR count). The largest absolute Gasteiger partial charge is 0.497 e. The quantitative estimate of drug-likeness (QED) is 0.461. The van der Waals surface area contributed by atoms with Gasteiger partial charge in [0.15, 0.2) is 6.61 Å². The minimum absolute atomic E-state index is 0.0339. The standard InChI is InChI=1S/C20H17FN2O4/c1-26-17-7-4-5-14(10-17)9-16(11-22)20(25)27-13-19(24)23-12-15-6-2-3-8-18(15)21/h2-10H,12-13H2,1H3,(H,23,24)/b16-9+. The van der Waals surface area contributed by atoms with Gasteiger partial charge in [0.25, 0.3) is 5.91 Å². The smallest absolute Gasteiger partial charge is 0.349 e. The maximum absolute atomic E-state index is 13.5. The van der Waals surface area contributed by atoms with E-state index < -0.39 is 24.3 Å². The second-order valence-corrected chi connectivity index (χ2v) is 5.39. The van der Waals surface area contributed by atoms with Gasteiger partial charge in [-0.2, -0.15) is 5.26 Å². The summed E-state index contributed by atoms with van der Waals surface area (Å²) in [5, 5.41) is 11.6. The highest BCUT2D eigenvalue weighted by Crippen LogP contribution is 2.15. The van der Waals surface area contributed by atoms with Crippen LogP contribution in [0.4, 0.5) is 4.39 Å². The molecule has 0 aliphatic carbocycles. The molecule has 0 bridgehead atoms. The highest BCUT2D eigenvalue weighted by atomic mass is 19.1. The number of carbonyl (C=O) groups excluding carboxylic acids is 2. The molecule has 138 valence electrons. The molecule has 2 aromatic carbocycles. The van der Waals surface area contributed by atoms with Crippen LogP contribution in [0, 0.1) is 17.1 Å². The Bertz CT molecular complexity index is 903. The van der Waals surface area contributed by atoms with Gasteiger partial charge in [-0.1, -0.05) is 30.3 Å². The number of hydrogen-bond acceptors (Lipinski definition) is 5. The molecule has 0 heterocycles. The van der Waals surface area contributed by atoms with Crippen LogP contribution in [0.5, 0.6) is 5.75 Å². The van der Waals surface area contributed by atoms with Crippen molar-refractivity contribution in [2.75, 3.05) is 13.7 Å². The van der Waals surface area contributed by atoms with Crippen molar-refractivity contribution >= 4 is 18.0 Å². The summed E-state index contributed by atoms with van der Waals surface area (Å²) >= 11 is 0. The summed E-state index contributed by atoms with van der Waals surface area (Å²) < 4.78 is 23.4. The summed E-state index contributed by atoms with van der Waals surface area (Å²) in [7, 11) is 1.50. The molecular weight excluding hydrogens is 351 g/mol. The molecule has 0 saturated carbocycles. The molecule has 1 N–H and O–H groups in total. The van der Waals surface area contributed by atoms with E-state index in [1.165, 1.54) is 25.3 Å². The Morgan fingerprint density at radius 2 is 2.00 bits per heavy atom. The van der Waals surface area contributed by atoms with Crippen LogP contribution >= 0.6 is 0 Å². The number of esters is 1. The van der Waals surface area contributed by atoms with Crippen molar-refractivity contribution in [1.29, 1.82) is 5.26 Å². The maximum Gasteiger partial charge on any atom is 0.349 e. The number of amides is 1. The van der Waals surface area contributed by atoms with E-state index in [1.54, 1.807) is 42.5 Å². The van der Waals surface area contributed by atoms with E-state index in [1.807, 2.05) is 0 Å². The first kappa shape index (κ1) is 19.7. The van der Waals surface area contributed by atoms with Gasteiger partial charge < -0.3 is 14.8 Å². The lowest BCUT2D eigenvalue weighted by molar-refractivity contribution is -0.144. The molecule has 0 atom stereocenters. The van der Waals surface area contributed by atoms with Crippen molar-refractivity contribution in [3.63, 3.8) is 0 Å². The lowest BCUT2D eigenvalue weighted by atomic mass is 10.1. The number of methoxy groups -OCH3 is 1. The molecule has 0 aliphatic heterocycles. The Morgan fingerprint density at radius 1 is 1.22 bits per heavy atom. The van der Waals surface area contributed by atoms with Crippen LogP contribution in [-0.2, 0) is 20.9 Å². The van der Waals surface area contributed by atoms with Gasteiger partial charge >= 0.3 is 5.97 Å². The minimum atomic E-state index is -0.929. The van der Waals surface area contributed by atoms with Crippen LogP contribution in [0.3, 0.4) is 0 Å². The molecule has 6 nitrogen and oxygen atoms in total. The summed E-state index contributed by atoms with van der Waals surface area (Å²) in [6.07, 6.45) is 1.34. The molecule has 0 spiro atoms. The van der Waals surface area contributed by atoms with E-state index in [4.69, 9.17) is 14.7 Å². The lowest BCUT2D eigenvalue weighted by Crippen LogP contribution is -2.28. The molecule has 7 heteroatoms. The molecule has 1 amide bonds. The fraction of sp³-hybridized carbons (Fsp3) is 0.150. The number of nitrogens with zero attached hydrogens (tertiary/aromatic N) is 1. The van der Waals surface area contributed by atoms with Crippen LogP contribution in [0.1, 0.15) is 11.1 Å². The van der Waals surface area contributed by atoms with Crippen molar-refractivity contribution in [3.05, 3.63) is 71.0 Å². The molecule has 0 saturated heterocycles. The average molecular weight is 368 g/mol. The Morgan fingerprint density at radius 3 is 2.70 bits per heavy atom. The molecule has 0 aliphatic rings. The Kier molecular flexibility index (Phi) is 7.08. The molecule has 0 aromatic heterocycles. The van der Waals surface area contributed by atoms with E-state index in [2.05, 4.69) is 5.32 Å². The Hall–Kier alpha value is -3.66. The topological polar surface area (TPSA) is 88.4 Å². The fourth-order valence-corrected chi connectivity index (χ4v) is 2.13. The van der Waals surface area contributed by atoms with E-state index in [0.29, 0.717) is 16.9 Å². The number of halogens is 1. The SMILES string of the molecule is COc1cccc(/C=C(\C#N)C(=O)OCC(=O)NCc2ccccc2F)c1. The van der Waals surface area contributed by atoms with Gasteiger partial charge in [-0.05, 0) is 29.8 Å². The van der Waals surface area contributed by atoms with Crippen LogP contribution in [0.25, 0.3) is 6.08 Å². The third-order valence-electron chi connectivity index (χ3n) is 3.51. The number of benzene rings is 2. The van der Waals surface area contributed by atoms with E-state index >= 15 is 0 Å². The van der Waals surface area contributed by atoms with Gasteiger partial charge in [0.2, 0.25) is 0 Å². The number of rotatable bonds is 7.